The molecule has 2 aromatic rings. The van der Waals surface area contributed by atoms with Crippen LogP contribution in [0.5, 0.6) is 0 Å². The molecule has 0 aromatic heterocycles. The summed E-state index contributed by atoms with van der Waals surface area (Å²) in [6, 6.07) is 15.7. The van der Waals surface area contributed by atoms with Crippen molar-refractivity contribution < 1.29 is 9.59 Å². The van der Waals surface area contributed by atoms with E-state index in [1.54, 1.807) is 0 Å². The van der Waals surface area contributed by atoms with Crippen LogP contribution >= 0.6 is 0 Å². The molecule has 0 bridgehead atoms. The first kappa shape index (κ1) is 22.6. The maximum Gasteiger partial charge on any atom is 0.246 e. The molecule has 1 fully saturated rings. The number of fused-ring (bicyclic) bond motifs is 1. The zero-order chi connectivity index (χ0) is 23.7. The van der Waals surface area contributed by atoms with Crippen molar-refractivity contribution in [2.24, 2.45) is 16.8 Å². The van der Waals surface area contributed by atoms with Gasteiger partial charge in [0.15, 0.2) is 0 Å². The van der Waals surface area contributed by atoms with Gasteiger partial charge < -0.3 is 15.1 Å². The van der Waals surface area contributed by atoms with Crippen LogP contribution in [0.1, 0.15) is 43.4 Å². The summed E-state index contributed by atoms with van der Waals surface area (Å²) in [5, 5.41) is 3.17. The fourth-order valence-electron chi connectivity index (χ4n) is 5.96. The van der Waals surface area contributed by atoms with Gasteiger partial charge in [-0.1, -0.05) is 69.2 Å². The molecule has 5 rings (SSSR count). The third-order valence-electron chi connectivity index (χ3n) is 7.83. The lowest BCUT2D eigenvalue weighted by Gasteiger charge is -2.44. The summed E-state index contributed by atoms with van der Waals surface area (Å²) in [5.74, 6) is 0.278. The van der Waals surface area contributed by atoms with Crippen molar-refractivity contribution in [3.63, 3.8) is 0 Å². The molecule has 34 heavy (non-hydrogen) atoms. The summed E-state index contributed by atoms with van der Waals surface area (Å²) >= 11 is 0. The molecule has 0 unspecified atom stereocenters. The van der Waals surface area contributed by atoms with Crippen LogP contribution in [0, 0.1) is 11.8 Å². The lowest BCUT2D eigenvalue weighted by atomic mass is 9.86. The Morgan fingerprint density at radius 3 is 2.32 bits per heavy atom. The Hall–Kier alpha value is -3.15. The van der Waals surface area contributed by atoms with Gasteiger partial charge in [0.05, 0.1) is 12.9 Å². The second-order valence-corrected chi connectivity index (χ2v) is 9.75. The third kappa shape index (κ3) is 4.10. The Kier molecular flexibility index (Phi) is 6.40. The lowest BCUT2D eigenvalue weighted by molar-refractivity contribution is -0.154. The number of piperazine rings is 1. The molecule has 0 radical (unpaired) electrons. The van der Waals surface area contributed by atoms with Gasteiger partial charge in [0.25, 0.3) is 0 Å². The molecule has 1 saturated heterocycles. The van der Waals surface area contributed by atoms with Crippen LogP contribution < -0.4 is 10.2 Å². The van der Waals surface area contributed by atoms with Crippen LogP contribution in [0.4, 0.5) is 5.69 Å². The number of aliphatic imine (C=N–C) groups is 1. The van der Waals surface area contributed by atoms with Crippen LogP contribution in [-0.2, 0) is 29.0 Å². The lowest BCUT2D eigenvalue weighted by Crippen LogP contribution is -2.66. The number of anilines is 1. The Morgan fingerprint density at radius 1 is 1.00 bits per heavy atom. The van der Waals surface area contributed by atoms with Gasteiger partial charge in [-0.15, -0.1) is 0 Å². The van der Waals surface area contributed by atoms with E-state index in [2.05, 4.69) is 65.5 Å². The predicted octanol–water partition coefficient (Wildman–Crippen LogP) is 3.58. The summed E-state index contributed by atoms with van der Waals surface area (Å²) in [4.78, 5) is 36.0. The number of nitrogens with zero attached hydrogens (tertiary/aromatic N) is 3. The third-order valence-corrected chi connectivity index (χ3v) is 7.83. The van der Waals surface area contributed by atoms with Crippen molar-refractivity contribution in [3.8, 4) is 0 Å². The number of carbonyl (C=O) groups is 2. The number of hydrogen-bond donors (Lipinski definition) is 1. The maximum absolute atomic E-state index is 14.1. The van der Waals surface area contributed by atoms with Gasteiger partial charge in [0.2, 0.25) is 11.8 Å². The number of nitrogens with one attached hydrogen (secondary N) is 1. The Labute approximate surface area is 202 Å². The molecular weight excluding hydrogens is 424 g/mol. The van der Waals surface area contributed by atoms with E-state index in [0.29, 0.717) is 6.54 Å². The van der Waals surface area contributed by atoms with E-state index < -0.39 is 12.1 Å². The van der Waals surface area contributed by atoms with Crippen LogP contribution in [-0.4, -0.2) is 48.2 Å². The first-order chi connectivity index (χ1) is 16.6. The topological polar surface area (TPSA) is 65.0 Å². The molecule has 3 aliphatic rings. The zero-order valence-electron chi connectivity index (χ0n) is 20.1. The van der Waals surface area contributed by atoms with Crippen molar-refractivity contribution in [2.45, 2.75) is 58.2 Å². The molecule has 1 N–H and O–H groups in total. The highest BCUT2D eigenvalue weighted by Gasteiger charge is 2.47. The number of amides is 2. The van der Waals surface area contributed by atoms with Gasteiger partial charge in [-0.2, -0.15) is 0 Å². The molecule has 6 heteroatoms. The Bertz CT molecular complexity index is 1070. The average molecular weight is 459 g/mol. The van der Waals surface area contributed by atoms with Crippen LogP contribution in [0.25, 0.3) is 0 Å². The molecule has 178 valence electrons. The Morgan fingerprint density at radius 2 is 1.68 bits per heavy atom. The van der Waals surface area contributed by atoms with Crippen molar-refractivity contribution in [2.75, 3.05) is 18.0 Å². The smallest absolute Gasteiger partial charge is 0.246 e. The number of hydrogen-bond acceptors (Lipinski definition) is 4. The normalized spacial score (nSPS) is 22.6. The maximum atomic E-state index is 14.1. The molecule has 1 aliphatic carbocycles. The summed E-state index contributed by atoms with van der Waals surface area (Å²) in [7, 11) is 0. The largest absolute Gasteiger partial charge is 0.342 e. The van der Waals surface area contributed by atoms with E-state index in [0.717, 1.165) is 50.0 Å². The van der Waals surface area contributed by atoms with Gasteiger partial charge >= 0.3 is 0 Å². The van der Waals surface area contributed by atoms with E-state index in [1.807, 2.05) is 23.4 Å². The molecule has 6 nitrogen and oxygen atoms in total. The molecule has 2 amide bonds. The number of rotatable bonds is 7. The predicted molar refractivity (Wildman–Crippen MR) is 135 cm³/mol. The fraction of sp³-hybridized carbons (Fsp3) is 0.464. The molecular formula is C28H34N4O2. The summed E-state index contributed by atoms with van der Waals surface area (Å²) in [6.07, 6.45) is 5.26. The van der Waals surface area contributed by atoms with Crippen molar-refractivity contribution >= 4 is 23.8 Å². The molecule has 2 aliphatic heterocycles. The first-order valence-corrected chi connectivity index (χ1v) is 12.6. The number of carbonyl (C=O) groups excluding carboxylic acids is 2. The van der Waals surface area contributed by atoms with Gasteiger partial charge in [-0.3, -0.25) is 14.6 Å². The monoisotopic (exact) mass is 458 g/mol. The van der Waals surface area contributed by atoms with Crippen molar-refractivity contribution in [1.29, 1.82) is 0 Å². The van der Waals surface area contributed by atoms with E-state index in [9.17, 15) is 9.59 Å². The van der Waals surface area contributed by atoms with Gasteiger partial charge in [-0.25, -0.2) is 0 Å². The highest BCUT2D eigenvalue weighted by molar-refractivity contribution is 5.97. The van der Waals surface area contributed by atoms with Gasteiger partial charge in [-0.05, 0) is 47.4 Å². The van der Waals surface area contributed by atoms with Crippen molar-refractivity contribution in [1.82, 2.24) is 10.2 Å². The standard InChI is InChI=1S/C28H34N4O2/c1-3-19(4-2)26-27(33)30-25(23-15-20-9-5-6-10-21(20)16-23)28(34)32(26)17-22-11-7-8-12-24(22)31-14-13-29-18-31/h5-12,18-19,23,25-26H,3-4,13-17H2,1-2H3,(H,30,33)/t25-,26-/m1/s1. The second kappa shape index (κ2) is 9.61. The summed E-state index contributed by atoms with van der Waals surface area (Å²) in [5.41, 5.74) is 4.71. The molecule has 0 spiro atoms. The highest BCUT2D eigenvalue weighted by atomic mass is 16.2. The van der Waals surface area contributed by atoms with Gasteiger partial charge in [0.1, 0.15) is 12.1 Å². The van der Waals surface area contributed by atoms with Crippen molar-refractivity contribution in [3.05, 3.63) is 65.2 Å². The van der Waals surface area contributed by atoms with Crippen LogP contribution in [0.15, 0.2) is 53.5 Å². The summed E-state index contributed by atoms with van der Waals surface area (Å²) in [6.45, 7) is 6.27. The summed E-state index contributed by atoms with van der Waals surface area (Å²) < 4.78 is 0. The molecule has 2 aromatic carbocycles. The van der Waals surface area contributed by atoms with E-state index >= 15 is 0 Å². The molecule has 2 heterocycles. The molecule has 2 atom stereocenters. The van der Waals surface area contributed by atoms with Crippen LogP contribution in [0.3, 0.4) is 0 Å². The average Bonchev–Trinajstić information content (AvgIpc) is 3.54. The highest BCUT2D eigenvalue weighted by Crippen LogP contribution is 2.34. The van der Waals surface area contributed by atoms with Gasteiger partial charge in [0, 0.05) is 18.8 Å². The van der Waals surface area contributed by atoms with E-state index in [4.69, 9.17) is 0 Å². The number of benzene rings is 2. The minimum atomic E-state index is -0.481. The van der Waals surface area contributed by atoms with Crippen LogP contribution in [0.2, 0.25) is 0 Å². The molecule has 0 saturated carbocycles. The van der Waals surface area contributed by atoms with E-state index in [1.165, 1.54) is 11.1 Å². The Balaban J connectivity index is 1.46. The zero-order valence-corrected chi connectivity index (χ0v) is 20.1. The number of para-hydroxylation sites is 1. The first-order valence-electron chi connectivity index (χ1n) is 12.6. The second-order valence-electron chi connectivity index (χ2n) is 9.75. The minimum Gasteiger partial charge on any atom is -0.342 e. The van der Waals surface area contributed by atoms with E-state index in [-0.39, 0.29) is 23.7 Å². The SMILES string of the molecule is CCC(CC)[C@@H]1C(=O)N[C@H](C2Cc3ccccc3C2)C(=O)N1Cc1ccccc1N1C=NCC1. The quantitative estimate of drug-likeness (QED) is 0.690. The minimum absolute atomic E-state index is 0.00512. The fourth-order valence-corrected chi connectivity index (χ4v) is 5.96.